The van der Waals surface area contributed by atoms with Crippen LogP contribution in [0.15, 0.2) is 30.3 Å². The number of rotatable bonds is 7. The molecule has 1 aromatic carbocycles. The Bertz CT molecular complexity index is 713. The van der Waals surface area contributed by atoms with Gasteiger partial charge in [-0.2, -0.15) is 0 Å². The van der Waals surface area contributed by atoms with Crippen LogP contribution in [0.25, 0.3) is 10.4 Å². The number of ether oxygens (including phenoxy) is 1. The third-order valence-electron chi connectivity index (χ3n) is 3.29. The Balaban J connectivity index is 2.32. The van der Waals surface area contributed by atoms with Gasteiger partial charge in [0.15, 0.2) is 0 Å². The van der Waals surface area contributed by atoms with E-state index in [1.54, 1.807) is 0 Å². The van der Waals surface area contributed by atoms with Crippen molar-refractivity contribution in [3.8, 4) is 10.4 Å². The summed E-state index contributed by atoms with van der Waals surface area (Å²) >= 11 is 2.69. The molecule has 0 aliphatic heterocycles. The molecule has 2 rings (SSSR count). The van der Waals surface area contributed by atoms with E-state index in [1.807, 2.05) is 37.3 Å². The summed E-state index contributed by atoms with van der Waals surface area (Å²) in [4.78, 5) is 25.1. The summed E-state index contributed by atoms with van der Waals surface area (Å²) in [6.45, 7) is 1.88. The van der Waals surface area contributed by atoms with E-state index in [2.05, 4.69) is 5.32 Å². The van der Waals surface area contributed by atoms with Crippen molar-refractivity contribution in [3.63, 3.8) is 0 Å². The second-order valence-corrected chi connectivity index (χ2v) is 7.07. The van der Waals surface area contributed by atoms with Crippen molar-refractivity contribution in [2.75, 3.05) is 30.5 Å². The fourth-order valence-electron chi connectivity index (χ4n) is 2.21. The number of benzene rings is 1. The number of methoxy groups -OCH3 is 1. The molecule has 24 heavy (non-hydrogen) atoms. The van der Waals surface area contributed by atoms with Crippen molar-refractivity contribution < 1.29 is 19.4 Å². The summed E-state index contributed by atoms with van der Waals surface area (Å²) in [6.07, 6.45) is 0. The number of carbonyl (C=O) groups is 2. The van der Waals surface area contributed by atoms with Gasteiger partial charge < -0.3 is 15.2 Å². The predicted octanol–water partition coefficient (Wildman–Crippen LogP) is 3.17. The summed E-state index contributed by atoms with van der Waals surface area (Å²) in [5, 5.41) is 12.1. The van der Waals surface area contributed by atoms with Crippen molar-refractivity contribution in [2.45, 2.75) is 6.92 Å². The van der Waals surface area contributed by atoms with E-state index in [-0.39, 0.29) is 18.3 Å². The lowest BCUT2D eigenvalue weighted by Gasteiger charge is -2.05. The number of thiophene rings is 1. The molecule has 0 atom stereocenters. The molecule has 2 aromatic rings. The minimum absolute atomic E-state index is 0.0294. The highest BCUT2D eigenvalue weighted by molar-refractivity contribution is 7.99. The molecule has 0 radical (unpaired) electrons. The van der Waals surface area contributed by atoms with Crippen LogP contribution in [0.5, 0.6) is 0 Å². The van der Waals surface area contributed by atoms with Crippen molar-refractivity contribution in [2.24, 2.45) is 0 Å². The lowest BCUT2D eigenvalue weighted by molar-refractivity contribution is -0.113. The summed E-state index contributed by atoms with van der Waals surface area (Å²) in [5.74, 6) is 0.0399. The fourth-order valence-corrected chi connectivity index (χ4v) is 3.95. The molecule has 1 heterocycles. The monoisotopic (exact) mass is 365 g/mol. The number of anilines is 1. The van der Waals surface area contributed by atoms with Crippen LogP contribution in [-0.2, 0) is 9.53 Å². The summed E-state index contributed by atoms with van der Waals surface area (Å²) < 4.78 is 4.87. The normalized spacial score (nSPS) is 10.5. The molecule has 0 unspecified atom stereocenters. The SMILES string of the molecule is COC(=O)c1c(NC(=O)CSCCO)sc(-c2ccccc2)c1C. The lowest BCUT2D eigenvalue weighted by Crippen LogP contribution is -2.16. The van der Waals surface area contributed by atoms with Crippen molar-refractivity contribution in [3.05, 3.63) is 41.5 Å². The average Bonchev–Trinajstić information content (AvgIpc) is 2.91. The molecule has 0 aliphatic carbocycles. The number of thioether (sulfide) groups is 1. The molecule has 1 aromatic heterocycles. The van der Waals surface area contributed by atoms with E-state index < -0.39 is 5.97 Å². The smallest absolute Gasteiger partial charge is 0.341 e. The van der Waals surface area contributed by atoms with Gasteiger partial charge in [-0.05, 0) is 18.1 Å². The van der Waals surface area contributed by atoms with Crippen LogP contribution in [0.1, 0.15) is 15.9 Å². The minimum atomic E-state index is -0.468. The molecule has 5 nitrogen and oxygen atoms in total. The van der Waals surface area contributed by atoms with Crippen LogP contribution in [0.3, 0.4) is 0 Å². The zero-order valence-electron chi connectivity index (χ0n) is 13.5. The number of nitrogens with one attached hydrogen (secondary N) is 1. The lowest BCUT2D eigenvalue weighted by atomic mass is 10.1. The Labute approximate surface area is 149 Å². The van der Waals surface area contributed by atoms with E-state index in [0.29, 0.717) is 16.3 Å². The number of carbonyl (C=O) groups excluding carboxylic acids is 2. The molecule has 128 valence electrons. The van der Waals surface area contributed by atoms with Gasteiger partial charge in [-0.15, -0.1) is 23.1 Å². The first-order valence-corrected chi connectivity index (χ1v) is 9.31. The van der Waals surface area contributed by atoms with Crippen molar-refractivity contribution in [1.82, 2.24) is 0 Å². The van der Waals surface area contributed by atoms with Crippen LogP contribution < -0.4 is 5.32 Å². The van der Waals surface area contributed by atoms with Crippen LogP contribution >= 0.6 is 23.1 Å². The summed E-state index contributed by atoms with van der Waals surface area (Å²) in [5.41, 5.74) is 2.17. The Kier molecular flexibility index (Phi) is 6.84. The highest BCUT2D eigenvalue weighted by atomic mass is 32.2. The maximum Gasteiger partial charge on any atom is 0.341 e. The third kappa shape index (κ3) is 4.37. The molecule has 0 saturated heterocycles. The van der Waals surface area contributed by atoms with E-state index in [4.69, 9.17) is 9.84 Å². The predicted molar refractivity (Wildman–Crippen MR) is 98.9 cm³/mol. The third-order valence-corrected chi connectivity index (χ3v) is 5.49. The standard InChI is InChI=1S/C17H19NO4S2/c1-11-14(17(21)22-2)16(18-13(20)10-23-9-8-19)24-15(11)12-6-4-3-5-7-12/h3-7,19H,8-10H2,1-2H3,(H,18,20). The summed E-state index contributed by atoms with van der Waals surface area (Å²) in [6, 6.07) is 9.70. The van der Waals surface area contributed by atoms with E-state index in [0.717, 1.165) is 16.0 Å². The molecule has 2 N–H and O–H groups in total. The van der Waals surface area contributed by atoms with Gasteiger partial charge in [0.25, 0.3) is 0 Å². The van der Waals surface area contributed by atoms with Gasteiger partial charge in [0.2, 0.25) is 5.91 Å². The molecule has 0 bridgehead atoms. The Morgan fingerprint density at radius 3 is 2.62 bits per heavy atom. The number of esters is 1. The first-order chi connectivity index (χ1) is 11.6. The van der Waals surface area contributed by atoms with Crippen LogP contribution in [0.4, 0.5) is 5.00 Å². The van der Waals surface area contributed by atoms with Gasteiger partial charge in [0, 0.05) is 10.6 Å². The highest BCUT2D eigenvalue weighted by Crippen LogP contribution is 2.40. The average molecular weight is 365 g/mol. The van der Waals surface area contributed by atoms with Gasteiger partial charge in [-0.3, -0.25) is 4.79 Å². The first kappa shape index (κ1) is 18.5. The number of amides is 1. The molecule has 0 aliphatic rings. The van der Waals surface area contributed by atoms with Gasteiger partial charge in [0.05, 0.1) is 25.0 Å². The molecular formula is C17H19NO4S2. The van der Waals surface area contributed by atoms with E-state index in [1.165, 1.54) is 30.2 Å². The molecule has 1 amide bonds. The van der Waals surface area contributed by atoms with E-state index >= 15 is 0 Å². The molecule has 0 spiro atoms. The Morgan fingerprint density at radius 2 is 2.00 bits per heavy atom. The topological polar surface area (TPSA) is 75.6 Å². The molecule has 0 saturated carbocycles. The van der Waals surface area contributed by atoms with Crippen molar-refractivity contribution in [1.29, 1.82) is 0 Å². The van der Waals surface area contributed by atoms with Crippen LogP contribution in [-0.4, -0.2) is 42.2 Å². The van der Waals surface area contributed by atoms with Gasteiger partial charge in [-0.25, -0.2) is 4.79 Å². The Hall–Kier alpha value is -1.83. The zero-order valence-corrected chi connectivity index (χ0v) is 15.1. The second kappa shape index (κ2) is 8.86. The number of hydrogen-bond acceptors (Lipinski definition) is 6. The zero-order chi connectivity index (χ0) is 17.5. The maximum atomic E-state index is 12.1. The van der Waals surface area contributed by atoms with Gasteiger partial charge in [-0.1, -0.05) is 30.3 Å². The van der Waals surface area contributed by atoms with Crippen molar-refractivity contribution >= 4 is 40.0 Å². The molecule has 7 heteroatoms. The highest BCUT2D eigenvalue weighted by Gasteiger charge is 2.23. The Morgan fingerprint density at radius 1 is 1.29 bits per heavy atom. The minimum Gasteiger partial charge on any atom is -0.465 e. The fraction of sp³-hybridized carbons (Fsp3) is 0.294. The molecular weight excluding hydrogens is 346 g/mol. The maximum absolute atomic E-state index is 12.1. The van der Waals surface area contributed by atoms with Crippen LogP contribution in [0, 0.1) is 6.92 Å². The number of aliphatic hydroxyl groups excluding tert-OH is 1. The quantitative estimate of drug-likeness (QED) is 0.582. The van der Waals surface area contributed by atoms with Crippen LogP contribution in [0.2, 0.25) is 0 Å². The summed E-state index contributed by atoms with van der Waals surface area (Å²) in [7, 11) is 1.32. The first-order valence-electron chi connectivity index (χ1n) is 7.34. The second-order valence-electron chi connectivity index (χ2n) is 4.94. The van der Waals surface area contributed by atoms with Gasteiger partial charge in [0.1, 0.15) is 5.00 Å². The van der Waals surface area contributed by atoms with Gasteiger partial charge >= 0.3 is 5.97 Å². The molecule has 0 fully saturated rings. The number of hydrogen-bond donors (Lipinski definition) is 2. The largest absolute Gasteiger partial charge is 0.465 e. The van der Waals surface area contributed by atoms with E-state index in [9.17, 15) is 9.59 Å². The number of aliphatic hydroxyl groups is 1.